The van der Waals surface area contributed by atoms with E-state index >= 15 is 0 Å². The summed E-state index contributed by atoms with van der Waals surface area (Å²) in [5.74, 6) is 1.75. The van der Waals surface area contributed by atoms with Crippen LogP contribution in [-0.2, 0) is 6.54 Å². The van der Waals surface area contributed by atoms with Gasteiger partial charge in [-0.2, -0.15) is 0 Å². The maximum atomic E-state index is 5.26. The van der Waals surface area contributed by atoms with Crippen LogP contribution in [0.2, 0.25) is 0 Å². The Balaban J connectivity index is 1.98. The summed E-state index contributed by atoms with van der Waals surface area (Å²) in [6, 6.07) is 0. The molecular formula is C11H18N2O. The van der Waals surface area contributed by atoms with Gasteiger partial charge in [0.05, 0.1) is 6.20 Å². The first-order valence-corrected chi connectivity index (χ1v) is 5.25. The minimum Gasteiger partial charge on any atom is -0.361 e. The predicted molar refractivity (Wildman–Crippen MR) is 55.1 cm³/mol. The third-order valence-electron chi connectivity index (χ3n) is 2.43. The summed E-state index contributed by atoms with van der Waals surface area (Å²) in [7, 11) is 0. The van der Waals surface area contributed by atoms with E-state index in [-0.39, 0.29) is 5.54 Å². The molecule has 14 heavy (non-hydrogen) atoms. The topological polar surface area (TPSA) is 38.1 Å². The maximum Gasteiger partial charge on any atom is 0.144 e. The third-order valence-corrected chi connectivity index (χ3v) is 2.43. The first-order chi connectivity index (χ1) is 6.56. The van der Waals surface area contributed by atoms with Gasteiger partial charge in [0, 0.05) is 23.6 Å². The minimum absolute atomic E-state index is 0.151. The SMILES string of the molecule is CC(C)(C)NCc1cnoc1C1CC1. The van der Waals surface area contributed by atoms with Gasteiger partial charge < -0.3 is 9.84 Å². The van der Waals surface area contributed by atoms with Gasteiger partial charge >= 0.3 is 0 Å². The fourth-order valence-electron chi connectivity index (χ4n) is 1.44. The van der Waals surface area contributed by atoms with Gasteiger partial charge in [-0.05, 0) is 33.6 Å². The molecule has 1 aliphatic carbocycles. The summed E-state index contributed by atoms with van der Waals surface area (Å²) in [5, 5.41) is 7.32. The molecule has 1 aromatic heterocycles. The molecule has 3 heteroatoms. The van der Waals surface area contributed by atoms with Crippen LogP contribution in [0.25, 0.3) is 0 Å². The van der Waals surface area contributed by atoms with Crippen LogP contribution in [0.15, 0.2) is 10.7 Å². The quantitative estimate of drug-likeness (QED) is 0.803. The highest BCUT2D eigenvalue weighted by atomic mass is 16.5. The van der Waals surface area contributed by atoms with Crippen molar-refractivity contribution in [1.82, 2.24) is 10.5 Å². The Kier molecular flexibility index (Phi) is 2.35. The van der Waals surface area contributed by atoms with Crippen molar-refractivity contribution < 1.29 is 4.52 Å². The minimum atomic E-state index is 0.151. The van der Waals surface area contributed by atoms with Gasteiger partial charge in [0.1, 0.15) is 5.76 Å². The van der Waals surface area contributed by atoms with E-state index in [1.807, 2.05) is 6.20 Å². The van der Waals surface area contributed by atoms with Crippen molar-refractivity contribution in [3.05, 3.63) is 17.5 Å². The average Bonchev–Trinajstić information content (AvgIpc) is 2.81. The highest BCUT2D eigenvalue weighted by molar-refractivity contribution is 5.21. The molecule has 0 radical (unpaired) electrons. The van der Waals surface area contributed by atoms with Crippen molar-refractivity contribution in [3.8, 4) is 0 Å². The van der Waals surface area contributed by atoms with Crippen molar-refractivity contribution in [1.29, 1.82) is 0 Å². The van der Waals surface area contributed by atoms with Crippen LogP contribution in [0.4, 0.5) is 0 Å². The second-order valence-corrected chi connectivity index (χ2v) is 5.09. The Morgan fingerprint density at radius 2 is 2.21 bits per heavy atom. The Morgan fingerprint density at radius 3 is 2.79 bits per heavy atom. The van der Waals surface area contributed by atoms with Gasteiger partial charge in [-0.15, -0.1) is 0 Å². The monoisotopic (exact) mass is 194 g/mol. The van der Waals surface area contributed by atoms with Crippen molar-refractivity contribution >= 4 is 0 Å². The molecule has 0 amide bonds. The summed E-state index contributed by atoms with van der Waals surface area (Å²) < 4.78 is 5.26. The zero-order valence-electron chi connectivity index (χ0n) is 9.13. The molecule has 0 spiro atoms. The summed E-state index contributed by atoms with van der Waals surface area (Å²) in [6.07, 6.45) is 4.36. The zero-order valence-corrected chi connectivity index (χ0v) is 9.13. The lowest BCUT2D eigenvalue weighted by atomic mass is 10.1. The predicted octanol–water partition coefficient (Wildman–Crippen LogP) is 2.44. The van der Waals surface area contributed by atoms with Gasteiger partial charge in [-0.1, -0.05) is 5.16 Å². The van der Waals surface area contributed by atoms with Gasteiger partial charge in [0.2, 0.25) is 0 Å². The smallest absolute Gasteiger partial charge is 0.144 e. The Hall–Kier alpha value is -0.830. The molecule has 0 aromatic carbocycles. The maximum absolute atomic E-state index is 5.26. The second kappa shape index (κ2) is 3.39. The number of nitrogens with one attached hydrogen (secondary N) is 1. The van der Waals surface area contributed by atoms with Crippen LogP contribution in [0.3, 0.4) is 0 Å². The standard InChI is InChI=1S/C11H18N2O/c1-11(2,3)12-6-9-7-13-14-10(9)8-4-5-8/h7-8,12H,4-6H2,1-3H3. The van der Waals surface area contributed by atoms with E-state index in [9.17, 15) is 0 Å². The molecule has 0 atom stereocenters. The molecule has 1 aliphatic rings. The van der Waals surface area contributed by atoms with Crippen LogP contribution in [-0.4, -0.2) is 10.7 Å². The number of hydrogen-bond donors (Lipinski definition) is 1. The van der Waals surface area contributed by atoms with E-state index in [2.05, 4.69) is 31.2 Å². The molecule has 2 rings (SSSR count). The van der Waals surface area contributed by atoms with Crippen LogP contribution in [0.1, 0.15) is 50.9 Å². The molecule has 1 fully saturated rings. The first-order valence-electron chi connectivity index (χ1n) is 5.25. The van der Waals surface area contributed by atoms with E-state index in [0.717, 1.165) is 12.3 Å². The number of nitrogens with zero attached hydrogens (tertiary/aromatic N) is 1. The van der Waals surface area contributed by atoms with Crippen molar-refractivity contribution in [3.63, 3.8) is 0 Å². The van der Waals surface area contributed by atoms with Crippen molar-refractivity contribution in [2.24, 2.45) is 0 Å². The lowest BCUT2D eigenvalue weighted by molar-refractivity contribution is 0.378. The summed E-state index contributed by atoms with van der Waals surface area (Å²) in [4.78, 5) is 0. The Bertz CT molecular complexity index is 307. The van der Waals surface area contributed by atoms with E-state index in [4.69, 9.17) is 4.52 Å². The summed E-state index contributed by atoms with van der Waals surface area (Å²) in [5.41, 5.74) is 1.38. The molecule has 1 aromatic rings. The lowest BCUT2D eigenvalue weighted by Crippen LogP contribution is -2.35. The summed E-state index contributed by atoms with van der Waals surface area (Å²) >= 11 is 0. The van der Waals surface area contributed by atoms with Crippen molar-refractivity contribution in [2.75, 3.05) is 0 Å². The molecule has 78 valence electrons. The molecule has 0 bridgehead atoms. The van der Waals surface area contributed by atoms with Gasteiger partial charge in [0.15, 0.2) is 0 Å². The van der Waals surface area contributed by atoms with Gasteiger partial charge in [0.25, 0.3) is 0 Å². The molecule has 1 N–H and O–H groups in total. The van der Waals surface area contributed by atoms with Crippen LogP contribution in [0, 0.1) is 0 Å². The molecule has 0 saturated heterocycles. The molecule has 0 unspecified atom stereocenters. The van der Waals surface area contributed by atoms with E-state index in [0.29, 0.717) is 5.92 Å². The molecule has 0 aliphatic heterocycles. The van der Waals surface area contributed by atoms with Gasteiger partial charge in [-0.3, -0.25) is 0 Å². The second-order valence-electron chi connectivity index (χ2n) is 5.09. The number of rotatable bonds is 3. The van der Waals surface area contributed by atoms with Crippen molar-refractivity contribution in [2.45, 2.75) is 51.6 Å². The van der Waals surface area contributed by atoms with E-state index in [1.54, 1.807) is 0 Å². The fourth-order valence-corrected chi connectivity index (χ4v) is 1.44. The molecule has 1 saturated carbocycles. The van der Waals surface area contributed by atoms with Crippen LogP contribution in [0.5, 0.6) is 0 Å². The highest BCUT2D eigenvalue weighted by Crippen LogP contribution is 2.41. The first kappa shape index (κ1) is 9.71. The number of hydrogen-bond acceptors (Lipinski definition) is 3. The Labute approximate surface area is 84.9 Å². The molecule has 3 nitrogen and oxygen atoms in total. The zero-order chi connectivity index (χ0) is 10.2. The fraction of sp³-hybridized carbons (Fsp3) is 0.727. The van der Waals surface area contributed by atoms with E-state index < -0.39 is 0 Å². The van der Waals surface area contributed by atoms with Gasteiger partial charge in [-0.25, -0.2) is 0 Å². The number of aromatic nitrogens is 1. The largest absolute Gasteiger partial charge is 0.361 e. The third kappa shape index (κ3) is 2.35. The van der Waals surface area contributed by atoms with Crippen LogP contribution >= 0.6 is 0 Å². The summed E-state index contributed by atoms with van der Waals surface area (Å²) in [6.45, 7) is 7.35. The molecular weight excluding hydrogens is 176 g/mol. The van der Waals surface area contributed by atoms with Crippen LogP contribution < -0.4 is 5.32 Å². The lowest BCUT2D eigenvalue weighted by Gasteiger charge is -2.20. The molecule has 1 heterocycles. The highest BCUT2D eigenvalue weighted by Gasteiger charge is 2.30. The van der Waals surface area contributed by atoms with E-state index in [1.165, 1.54) is 18.4 Å². The normalized spacial score (nSPS) is 17.4. The average molecular weight is 194 g/mol. The Morgan fingerprint density at radius 1 is 1.50 bits per heavy atom.